The molecule has 1 heterocycles. The highest BCUT2D eigenvalue weighted by Gasteiger charge is 2.26. The minimum absolute atomic E-state index is 0.103. The molecule has 134 valence electrons. The number of likely N-dealkylation sites (tertiary alicyclic amines) is 1. The van der Waals surface area contributed by atoms with E-state index in [1.54, 1.807) is 0 Å². The fraction of sp³-hybridized carbons (Fsp3) is 0.667. The Kier molecular flexibility index (Phi) is 6.27. The van der Waals surface area contributed by atoms with Gasteiger partial charge in [-0.05, 0) is 44.3 Å². The first-order valence-electron chi connectivity index (χ1n) is 9.20. The molecule has 6 heteroatoms. The van der Waals surface area contributed by atoms with Gasteiger partial charge in [-0.3, -0.25) is 4.90 Å². The molecule has 1 aliphatic heterocycles. The maximum absolute atomic E-state index is 12.4. The number of hydrogen-bond acceptors (Lipinski definition) is 3. The Morgan fingerprint density at radius 3 is 2.33 bits per heavy atom. The maximum atomic E-state index is 12.4. The van der Waals surface area contributed by atoms with Crippen LogP contribution in [0.3, 0.4) is 0 Å². The summed E-state index contributed by atoms with van der Waals surface area (Å²) in [5.74, 6) is 0. The quantitative estimate of drug-likeness (QED) is 0.794. The summed E-state index contributed by atoms with van der Waals surface area (Å²) < 4.78 is 30.3. The second-order valence-corrected chi connectivity index (χ2v) is 8.51. The summed E-state index contributed by atoms with van der Waals surface area (Å²) in [6, 6.07) is 10.5. The molecule has 1 saturated heterocycles. The van der Waals surface area contributed by atoms with Crippen molar-refractivity contribution in [3.63, 3.8) is 0 Å². The number of benzene rings is 1. The van der Waals surface area contributed by atoms with Crippen molar-refractivity contribution in [3.05, 3.63) is 35.9 Å². The third kappa shape index (κ3) is 5.02. The molecule has 0 bridgehead atoms. The van der Waals surface area contributed by atoms with Gasteiger partial charge in [-0.25, -0.2) is 4.72 Å². The Bertz CT molecular complexity index is 594. The summed E-state index contributed by atoms with van der Waals surface area (Å²) in [6.07, 6.45) is 7.80. The van der Waals surface area contributed by atoms with E-state index in [-0.39, 0.29) is 12.1 Å². The SMILES string of the molecule is O=S(=O)(NCC(c1ccccc1)N1CCCCC1)NC1CCCC1. The third-order valence-electron chi connectivity index (χ3n) is 5.16. The molecule has 24 heavy (non-hydrogen) atoms. The zero-order valence-corrected chi connectivity index (χ0v) is 15.1. The van der Waals surface area contributed by atoms with Crippen LogP contribution in [0.1, 0.15) is 56.6 Å². The molecule has 2 fully saturated rings. The van der Waals surface area contributed by atoms with Gasteiger partial charge in [0.1, 0.15) is 0 Å². The molecular formula is C18H29N3O2S. The lowest BCUT2D eigenvalue weighted by Gasteiger charge is -2.35. The van der Waals surface area contributed by atoms with Crippen molar-refractivity contribution in [1.29, 1.82) is 0 Å². The van der Waals surface area contributed by atoms with E-state index in [9.17, 15) is 8.42 Å². The monoisotopic (exact) mass is 351 g/mol. The van der Waals surface area contributed by atoms with Crippen LogP contribution in [-0.2, 0) is 10.2 Å². The molecule has 0 spiro atoms. The number of nitrogens with zero attached hydrogens (tertiary/aromatic N) is 1. The van der Waals surface area contributed by atoms with Gasteiger partial charge in [0.25, 0.3) is 10.2 Å². The first kappa shape index (κ1) is 17.9. The fourth-order valence-corrected chi connectivity index (χ4v) is 4.99. The summed E-state index contributed by atoms with van der Waals surface area (Å²) >= 11 is 0. The average Bonchev–Trinajstić information content (AvgIpc) is 3.09. The molecule has 0 aromatic heterocycles. The summed E-state index contributed by atoms with van der Waals surface area (Å²) in [6.45, 7) is 2.50. The molecule has 1 saturated carbocycles. The van der Waals surface area contributed by atoms with Gasteiger partial charge in [0.05, 0.1) is 0 Å². The van der Waals surface area contributed by atoms with E-state index >= 15 is 0 Å². The second kappa shape index (κ2) is 8.43. The topological polar surface area (TPSA) is 61.4 Å². The van der Waals surface area contributed by atoms with E-state index in [0.717, 1.165) is 38.8 Å². The fourth-order valence-electron chi connectivity index (χ4n) is 3.86. The lowest BCUT2D eigenvalue weighted by molar-refractivity contribution is 0.164. The van der Waals surface area contributed by atoms with Crippen LogP contribution in [0.25, 0.3) is 0 Å². The Labute approximate surface area is 146 Å². The highest BCUT2D eigenvalue weighted by Crippen LogP contribution is 2.24. The molecule has 1 aromatic rings. The lowest BCUT2D eigenvalue weighted by atomic mass is 10.0. The summed E-state index contributed by atoms with van der Waals surface area (Å²) in [4.78, 5) is 2.41. The van der Waals surface area contributed by atoms with Crippen molar-refractivity contribution in [3.8, 4) is 0 Å². The predicted molar refractivity (Wildman–Crippen MR) is 96.9 cm³/mol. The van der Waals surface area contributed by atoms with Crippen LogP contribution in [0.5, 0.6) is 0 Å². The van der Waals surface area contributed by atoms with Gasteiger partial charge in [0.2, 0.25) is 0 Å². The summed E-state index contributed by atoms with van der Waals surface area (Å²) in [5, 5.41) is 0. The second-order valence-electron chi connectivity index (χ2n) is 6.97. The molecule has 1 aliphatic carbocycles. The van der Waals surface area contributed by atoms with Gasteiger partial charge in [-0.15, -0.1) is 0 Å². The Balaban J connectivity index is 1.64. The van der Waals surface area contributed by atoms with E-state index in [1.807, 2.05) is 18.2 Å². The lowest BCUT2D eigenvalue weighted by Crippen LogP contribution is -2.46. The van der Waals surface area contributed by atoms with Crippen LogP contribution in [-0.4, -0.2) is 39.0 Å². The first-order valence-corrected chi connectivity index (χ1v) is 10.7. The third-order valence-corrected chi connectivity index (χ3v) is 6.35. The van der Waals surface area contributed by atoms with Crippen LogP contribution >= 0.6 is 0 Å². The molecule has 2 aliphatic rings. The summed E-state index contributed by atoms with van der Waals surface area (Å²) in [7, 11) is -3.43. The van der Waals surface area contributed by atoms with E-state index in [2.05, 4.69) is 26.5 Å². The van der Waals surface area contributed by atoms with Crippen molar-refractivity contribution in [2.75, 3.05) is 19.6 Å². The van der Waals surface area contributed by atoms with E-state index in [4.69, 9.17) is 0 Å². The summed E-state index contributed by atoms with van der Waals surface area (Å²) in [5.41, 5.74) is 1.18. The number of rotatable bonds is 7. The van der Waals surface area contributed by atoms with E-state index < -0.39 is 10.2 Å². The van der Waals surface area contributed by atoms with E-state index in [1.165, 1.54) is 24.8 Å². The molecule has 1 unspecified atom stereocenters. The largest absolute Gasteiger partial charge is 0.295 e. The van der Waals surface area contributed by atoms with Crippen LogP contribution in [0.4, 0.5) is 0 Å². The molecule has 1 atom stereocenters. The standard InChI is InChI=1S/C18H29N3O2S/c22-24(23,20-17-11-5-6-12-17)19-15-18(16-9-3-1-4-10-16)21-13-7-2-8-14-21/h1,3-4,9-10,17-20H,2,5-8,11-15H2. The molecular weight excluding hydrogens is 322 g/mol. The predicted octanol–water partition coefficient (Wildman–Crippen LogP) is 2.58. The van der Waals surface area contributed by atoms with Crippen LogP contribution in [0.15, 0.2) is 30.3 Å². The highest BCUT2D eigenvalue weighted by molar-refractivity contribution is 7.87. The zero-order valence-electron chi connectivity index (χ0n) is 14.3. The molecule has 0 radical (unpaired) electrons. The molecule has 3 rings (SSSR count). The van der Waals surface area contributed by atoms with Gasteiger partial charge >= 0.3 is 0 Å². The van der Waals surface area contributed by atoms with Crippen molar-refractivity contribution < 1.29 is 8.42 Å². The van der Waals surface area contributed by atoms with E-state index in [0.29, 0.717) is 6.54 Å². The van der Waals surface area contributed by atoms with Crippen molar-refractivity contribution >= 4 is 10.2 Å². The smallest absolute Gasteiger partial charge is 0.277 e. The van der Waals surface area contributed by atoms with Gasteiger partial charge < -0.3 is 0 Å². The normalized spacial score (nSPS) is 21.8. The number of hydrogen-bond donors (Lipinski definition) is 2. The van der Waals surface area contributed by atoms with Gasteiger partial charge in [0.15, 0.2) is 0 Å². The zero-order chi connectivity index (χ0) is 16.8. The minimum atomic E-state index is -3.43. The average molecular weight is 352 g/mol. The maximum Gasteiger partial charge on any atom is 0.277 e. The Morgan fingerprint density at radius 2 is 1.67 bits per heavy atom. The Morgan fingerprint density at radius 1 is 1.00 bits per heavy atom. The number of nitrogens with one attached hydrogen (secondary N) is 2. The van der Waals surface area contributed by atoms with Crippen LogP contribution in [0, 0.1) is 0 Å². The van der Waals surface area contributed by atoms with Crippen molar-refractivity contribution in [1.82, 2.24) is 14.3 Å². The Hall–Kier alpha value is -0.950. The molecule has 5 nitrogen and oxygen atoms in total. The molecule has 2 N–H and O–H groups in total. The molecule has 1 aromatic carbocycles. The van der Waals surface area contributed by atoms with Gasteiger partial charge in [-0.1, -0.05) is 49.6 Å². The van der Waals surface area contributed by atoms with Crippen LogP contribution < -0.4 is 9.44 Å². The molecule has 0 amide bonds. The van der Waals surface area contributed by atoms with Gasteiger partial charge in [0, 0.05) is 18.6 Å². The van der Waals surface area contributed by atoms with Gasteiger partial charge in [-0.2, -0.15) is 13.1 Å². The minimum Gasteiger partial charge on any atom is -0.295 e. The van der Waals surface area contributed by atoms with Crippen LogP contribution in [0.2, 0.25) is 0 Å². The number of piperidine rings is 1. The van der Waals surface area contributed by atoms with Crippen molar-refractivity contribution in [2.45, 2.75) is 57.0 Å². The van der Waals surface area contributed by atoms with Crippen molar-refractivity contribution in [2.24, 2.45) is 0 Å². The highest BCUT2D eigenvalue weighted by atomic mass is 32.2. The first-order chi connectivity index (χ1) is 11.6.